The molecule has 2 saturated heterocycles. The number of halogens is 6. The molecule has 1 saturated carbocycles. The van der Waals surface area contributed by atoms with Crippen molar-refractivity contribution < 1.29 is 31.1 Å². The number of hydrogen-bond donors (Lipinski definition) is 1. The van der Waals surface area contributed by atoms with Gasteiger partial charge in [0.2, 0.25) is 0 Å². The fraction of sp³-hybridized carbons (Fsp3) is 0.583. The number of alkyl halides is 3. The van der Waals surface area contributed by atoms with Gasteiger partial charge >= 0.3 is 6.18 Å². The molecule has 3 fully saturated rings. The van der Waals surface area contributed by atoms with Crippen LogP contribution in [0.5, 0.6) is 0 Å². The van der Waals surface area contributed by atoms with Gasteiger partial charge in [-0.3, -0.25) is 0 Å². The van der Waals surface area contributed by atoms with Crippen LogP contribution in [0.1, 0.15) is 31.2 Å². The Labute approximate surface area is 213 Å². The summed E-state index contributed by atoms with van der Waals surface area (Å²) in [6, 6.07) is 1.28. The lowest BCUT2D eigenvalue weighted by molar-refractivity contribution is -0.137. The number of fused-ring (bicyclic) bond motifs is 1. The van der Waals surface area contributed by atoms with E-state index in [1.165, 1.54) is 0 Å². The van der Waals surface area contributed by atoms with Crippen LogP contribution in [0.4, 0.5) is 32.2 Å². The van der Waals surface area contributed by atoms with Crippen molar-refractivity contribution in [3.05, 3.63) is 41.2 Å². The molecule has 0 spiro atoms. The van der Waals surface area contributed by atoms with Crippen molar-refractivity contribution in [1.29, 1.82) is 0 Å². The third-order valence-corrected chi connectivity index (χ3v) is 8.50. The molecule has 5 rings (SSSR count). The first-order valence-corrected chi connectivity index (χ1v) is 12.6. The van der Waals surface area contributed by atoms with Crippen LogP contribution in [0.15, 0.2) is 18.2 Å². The fourth-order valence-corrected chi connectivity index (χ4v) is 6.33. The largest absolute Gasteiger partial charge is 0.420 e. The molecule has 198 valence electrons. The van der Waals surface area contributed by atoms with E-state index in [1.54, 1.807) is 0 Å². The van der Waals surface area contributed by atoms with Crippen molar-refractivity contribution >= 4 is 21.5 Å². The van der Waals surface area contributed by atoms with E-state index in [-0.39, 0.29) is 11.4 Å². The van der Waals surface area contributed by atoms with Crippen molar-refractivity contribution in [3.63, 3.8) is 0 Å². The molecule has 1 aliphatic carbocycles. The van der Waals surface area contributed by atoms with Crippen molar-refractivity contribution in [2.75, 3.05) is 31.6 Å². The number of rotatable bonds is 5. The second-order valence-corrected chi connectivity index (χ2v) is 11.0. The Bertz CT molecular complexity index is 1150. The minimum atomic E-state index is -4.83. The van der Waals surface area contributed by atoms with Crippen LogP contribution in [-0.4, -0.2) is 68.5 Å². The quantitative estimate of drug-likeness (QED) is 0.371. The molecule has 0 amide bonds. The van der Waals surface area contributed by atoms with E-state index in [0.29, 0.717) is 48.8 Å². The van der Waals surface area contributed by atoms with E-state index >= 15 is 0 Å². The maximum absolute atomic E-state index is 14.2. The first-order valence-electron chi connectivity index (χ1n) is 12.6. The first kappa shape index (κ1) is 26.3. The van der Waals surface area contributed by atoms with E-state index in [2.05, 4.69) is 36.1 Å². The maximum Gasteiger partial charge on any atom is 0.420 e. The molecule has 2 aromatic rings. The average molecular weight is 524 g/mol. The second-order valence-electron chi connectivity index (χ2n) is 11.0. The summed E-state index contributed by atoms with van der Waals surface area (Å²) in [4.78, 5) is 2.52. The van der Waals surface area contributed by atoms with Gasteiger partial charge in [0.1, 0.15) is 27.1 Å². The van der Waals surface area contributed by atoms with Crippen molar-refractivity contribution in [2.24, 2.45) is 17.8 Å². The minimum Gasteiger partial charge on any atom is -0.381 e. The second kappa shape index (κ2) is 9.80. The summed E-state index contributed by atoms with van der Waals surface area (Å²) in [5, 5.41) is 10.3. The molecule has 0 radical (unpaired) electrons. The summed E-state index contributed by atoms with van der Waals surface area (Å²) >= 11 is 0. The lowest BCUT2D eigenvalue weighted by Gasteiger charge is -2.45. The Morgan fingerprint density at radius 1 is 0.946 bits per heavy atom. The van der Waals surface area contributed by atoms with Crippen LogP contribution >= 0.6 is 0 Å². The van der Waals surface area contributed by atoms with Crippen LogP contribution in [0.2, 0.25) is 0 Å². The number of ether oxygens (including phenoxy) is 1. The SMILES string of the molecule is BC(B)(C1CCOCC1)N1C[C@H]2C[C@H](Nc3nnc(-c4cc(F)cc(F)c4F)cc3C(F)(F)F)C[C@H]2C1. The van der Waals surface area contributed by atoms with Gasteiger partial charge in [-0.1, -0.05) is 0 Å². The van der Waals surface area contributed by atoms with Crippen LogP contribution < -0.4 is 5.32 Å². The molecule has 1 aromatic heterocycles. The summed E-state index contributed by atoms with van der Waals surface area (Å²) in [5.41, 5.74) is -2.46. The smallest absolute Gasteiger partial charge is 0.381 e. The van der Waals surface area contributed by atoms with E-state index < -0.39 is 46.3 Å². The summed E-state index contributed by atoms with van der Waals surface area (Å²) in [7, 11) is 4.56. The van der Waals surface area contributed by atoms with Crippen LogP contribution in [-0.2, 0) is 10.9 Å². The molecule has 0 unspecified atom stereocenters. The highest BCUT2D eigenvalue weighted by atomic mass is 19.4. The van der Waals surface area contributed by atoms with Gasteiger partial charge in [0.25, 0.3) is 0 Å². The number of nitrogens with one attached hydrogen (secondary N) is 1. The average Bonchev–Trinajstić information content (AvgIpc) is 3.41. The zero-order chi connectivity index (χ0) is 26.5. The summed E-state index contributed by atoms with van der Waals surface area (Å²) in [6.07, 6.45) is -1.35. The Hall–Kier alpha value is -2.27. The molecule has 1 N–H and O–H groups in total. The zero-order valence-electron chi connectivity index (χ0n) is 20.7. The molecular weight excluding hydrogens is 496 g/mol. The Kier molecular flexibility index (Phi) is 6.97. The van der Waals surface area contributed by atoms with Crippen LogP contribution in [0.3, 0.4) is 0 Å². The zero-order valence-corrected chi connectivity index (χ0v) is 20.7. The van der Waals surface area contributed by atoms with Crippen LogP contribution in [0.25, 0.3) is 11.3 Å². The Morgan fingerprint density at radius 3 is 2.22 bits per heavy atom. The van der Waals surface area contributed by atoms with Gasteiger partial charge in [0.05, 0.1) is 5.69 Å². The monoisotopic (exact) mass is 524 g/mol. The van der Waals surface area contributed by atoms with Gasteiger partial charge < -0.3 is 15.0 Å². The molecule has 3 atom stereocenters. The fourth-order valence-electron chi connectivity index (χ4n) is 6.33. The molecule has 3 aliphatic rings. The first-order chi connectivity index (χ1) is 17.4. The molecule has 37 heavy (non-hydrogen) atoms. The molecule has 13 heteroatoms. The van der Waals surface area contributed by atoms with Gasteiger partial charge in [0, 0.05) is 44.0 Å². The molecule has 3 heterocycles. The highest BCUT2D eigenvalue weighted by Crippen LogP contribution is 2.44. The highest BCUT2D eigenvalue weighted by Gasteiger charge is 2.47. The number of likely N-dealkylation sites (tertiary alicyclic amines) is 1. The topological polar surface area (TPSA) is 50.3 Å². The third-order valence-electron chi connectivity index (χ3n) is 8.50. The lowest BCUT2D eigenvalue weighted by atomic mass is 9.52. The predicted octanol–water partition coefficient (Wildman–Crippen LogP) is 3.05. The molecule has 0 bridgehead atoms. The summed E-state index contributed by atoms with van der Waals surface area (Å²) in [5.74, 6) is -3.31. The number of benzene rings is 1. The molecule has 5 nitrogen and oxygen atoms in total. The predicted molar refractivity (Wildman–Crippen MR) is 131 cm³/mol. The summed E-state index contributed by atoms with van der Waals surface area (Å²) < 4.78 is 88.6. The third kappa shape index (κ3) is 5.21. The minimum absolute atomic E-state index is 0.0352. The normalized spacial score (nSPS) is 25.4. The van der Waals surface area contributed by atoms with Crippen LogP contribution in [0, 0.1) is 35.2 Å². The molecule has 2 aliphatic heterocycles. The number of aromatic nitrogens is 2. The van der Waals surface area contributed by atoms with Crippen molar-refractivity contribution in [2.45, 2.75) is 43.2 Å². The van der Waals surface area contributed by atoms with Gasteiger partial charge in [0.15, 0.2) is 17.5 Å². The van der Waals surface area contributed by atoms with E-state index in [1.807, 2.05) is 0 Å². The number of anilines is 1. The summed E-state index contributed by atoms with van der Waals surface area (Å²) in [6.45, 7) is 3.36. The Balaban J connectivity index is 1.30. The van der Waals surface area contributed by atoms with Crippen molar-refractivity contribution in [1.82, 2.24) is 15.1 Å². The van der Waals surface area contributed by atoms with E-state index in [9.17, 15) is 26.3 Å². The Morgan fingerprint density at radius 2 is 1.59 bits per heavy atom. The standard InChI is InChI=1S/C24H28B2F6N4O/c25-23(26,14-1-3-37-4-2-14)36-10-12-5-16(6-13(12)11-36)33-22-18(24(30,31)32)9-20(34-35-22)17-7-15(27)8-19(28)21(17)29/h7-9,12-14,16H,1-6,10-11,25-26H2,(H,33,35)/t12-,13+,16+. The number of nitrogens with zero attached hydrogens (tertiary/aromatic N) is 3. The van der Waals surface area contributed by atoms with Gasteiger partial charge in [-0.2, -0.15) is 13.2 Å². The van der Waals surface area contributed by atoms with Gasteiger partial charge in [-0.25, -0.2) is 13.2 Å². The lowest BCUT2D eigenvalue weighted by Crippen LogP contribution is -2.56. The molecule has 1 aromatic carbocycles. The van der Waals surface area contributed by atoms with Gasteiger partial charge in [-0.15, -0.1) is 10.2 Å². The van der Waals surface area contributed by atoms with Gasteiger partial charge in [-0.05, 0) is 60.9 Å². The molecular formula is C24H28B2F6N4O. The maximum atomic E-state index is 14.2. The highest BCUT2D eigenvalue weighted by molar-refractivity contribution is 6.40. The van der Waals surface area contributed by atoms with E-state index in [4.69, 9.17) is 4.74 Å². The van der Waals surface area contributed by atoms with Crippen molar-refractivity contribution in [3.8, 4) is 11.3 Å². The number of hydrogen-bond acceptors (Lipinski definition) is 5. The van der Waals surface area contributed by atoms with E-state index in [0.717, 1.165) is 39.1 Å².